The Labute approximate surface area is 108 Å². The molecule has 94 valence electrons. The molecule has 1 aromatic rings. The second-order valence-electron chi connectivity index (χ2n) is 4.79. The average Bonchev–Trinajstić information content (AvgIpc) is 2.29. The quantitative estimate of drug-likeness (QED) is 0.891. The molecule has 1 saturated heterocycles. The number of nitrogens with zero attached hydrogens (tertiary/aromatic N) is 2. The highest BCUT2D eigenvalue weighted by Crippen LogP contribution is 2.25. The lowest BCUT2D eigenvalue weighted by atomic mass is 10.1. The molecule has 0 saturated carbocycles. The largest absolute Gasteiger partial charge is 0.354 e. The van der Waals surface area contributed by atoms with Gasteiger partial charge in [0.05, 0.1) is 0 Å². The van der Waals surface area contributed by atoms with Gasteiger partial charge in [0.1, 0.15) is 5.82 Å². The van der Waals surface area contributed by atoms with Crippen LogP contribution in [0, 0.1) is 0 Å². The van der Waals surface area contributed by atoms with Gasteiger partial charge < -0.3 is 10.6 Å². The molecule has 17 heavy (non-hydrogen) atoms. The Morgan fingerprint density at radius 2 is 2.47 bits per heavy atom. The van der Waals surface area contributed by atoms with E-state index in [0.29, 0.717) is 5.25 Å². The van der Waals surface area contributed by atoms with Crippen molar-refractivity contribution in [2.75, 3.05) is 23.7 Å². The Bertz CT molecular complexity index is 367. The molecule has 0 spiro atoms. The van der Waals surface area contributed by atoms with Crippen molar-refractivity contribution >= 4 is 17.6 Å². The standard InChI is InChI=1S/C13H21N3S/c1-10(14)8-12-4-3-5-15-13(12)16-6-7-17-11(2)9-16/h3-5,10-11H,6-9,14H2,1-2H3. The third kappa shape index (κ3) is 3.36. The van der Waals surface area contributed by atoms with E-state index >= 15 is 0 Å². The number of aromatic nitrogens is 1. The van der Waals surface area contributed by atoms with Crippen molar-refractivity contribution in [3.63, 3.8) is 0 Å². The van der Waals surface area contributed by atoms with Gasteiger partial charge in [0.15, 0.2) is 0 Å². The fraction of sp³-hybridized carbons (Fsp3) is 0.615. The van der Waals surface area contributed by atoms with Gasteiger partial charge in [-0.2, -0.15) is 11.8 Å². The van der Waals surface area contributed by atoms with Crippen LogP contribution >= 0.6 is 11.8 Å². The summed E-state index contributed by atoms with van der Waals surface area (Å²) in [5.74, 6) is 2.33. The summed E-state index contributed by atoms with van der Waals surface area (Å²) in [6, 6.07) is 4.34. The van der Waals surface area contributed by atoms with Crippen LogP contribution in [0.3, 0.4) is 0 Å². The summed E-state index contributed by atoms with van der Waals surface area (Å²) in [5, 5.41) is 0.689. The van der Waals surface area contributed by atoms with Crippen LogP contribution < -0.4 is 10.6 Å². The first-order valence-corrected chi connectivity index (χ1v) is 7.27. The first-order valence-electron chi connectivity index (χ1n) is 6.23. The molecule has 1 aliphatic rings. The van der Waals surface area contributed by atoms with Gasteiger partial charge in [0, 0.05) is 36.3 Å². The normalized spacial score (nSPS) is 22.5. The molecule has 0 radical (unpaired) electrons. The topological polar surface area (TPSA) is 42.1 Å². The Morgan fingerprint density at radius 3 is 3.18 bits per heavy atom. The van der Waals surface area contributed by atoms with Gasteiger partial charge in [-0.1, -0.05) is 13.0 Å². The Hall–Kier alpha value is -0.740. The van der Waals surface area contributed by atoms with Gasteiger partial charge >= 0.3 is 0 Å². The van der Waals surface area contributed by atoms with Crippen molar-refractivity contribution in [2.45, 2.75) is 31.6 Å². The molecule has 2 N–H and O–H groups in total. The number of rotatable bonds is 3. The molecule has 1 aliphatic heterocycles. The first kappa shape index (κ1) is 12.7. The summed E-state index contributed by atoms with van der Waals surface area (Å²) < 4.78 is 0. The van der Waals surface area contributed by atoms with Crippen LogP contribution in [0.25, 0.3) is 0 Å². The highest BCUT2D eigenvalue weighted by molar-refractivity contribution is 8.00. The molecule has 0 aliphatic carbocycles. The zero-order valence-electron chi connectivity index (χ0n) is 10.6. The first-order chi connectivity index (χ1) is 8.16. The lowest BCUT2D eigenvalue weighted by Gasteiger charge is -2.33. The number of hydrogen-bond donors (Lipinski definition) is 1. The van der Waals surface area contributed by atoms with Crippen molar-refractivity contribution in [1.29, 1.82) is 0 Å². The molecule has 2 heterocycles. The van der Waals surface area contributed by atoms with E-state index in [4.69, 9.17) is 5.73 Å². The number of nitrogens with two attached hydrogens (primary N) is 1. The molecule has 2 unspecified atom stereocenters. The zero-order chi connectivity index (χ0) is 12.3. The highest BCUT2D eigenvalue weighted by atomic mass is 32.2. The SMILES string of the molecule is CC(N)Cc1cccnc1N1CCSC(C)C1. The van der Waals surface area contributed by atoms with E-state index in [1.807, 2.05) is 30.9 Å². The third-order valence-corrected chi connectivity index (χ3v) is 4.09. The minimum atomic E-state index is 0.189. The van der Waals surface area contributed by atoms with E-state index in [2.05, 4.69) is 22.9 Å². The second-order valence-corrected chi connectivity index (χ2v) is 6.34. The summed E-state index contributed by atoms with van der Waals surface area (Å²) in [6.07, 6.45) is 2.79. The number of pyridine rings is 1. The molecule has 0 amide bonds. The smallest absolute Gasteiger partial charge is 0.131 e. The minimum absolute atomic E-state index is 0.189. The summed E-state index contributed by atoms with van der Waals surface area (Å²) in [4.78, 5) is 6.95. The lowest BCUT2D eigenvalue weighted by molar-refractivity contribution is 0.717. The van der Waals surface area contributed by atoms with E-state index in [1.165, 1.54) is 11.3 Å². The molecule has 1 aromatic heterocycles. The fourth-order valence-electron chi connectivity index (χ4n) is 2.23. The maximum Gasteiger partial charge on any atom is 0.131 e. The molecule has 4 heteroatoms. The molecule has 2 rings (SSSR count). The third-order valence-electron chi connectivity index (χ3n) is 2.95. The van der Waals surface area contributed by atoms with Gasteiger partial charge in [0.25, 0.3) is 0 Å². The highest BCUT2D eigenvalue weighted by Gasteiger charge is 2.20. The van der Waals surface area contributed by atoms with Gasteiger partial charge in [0.2, 0.25) is 0 Å². The second kappa shape index (κ2) is 5.74. The maximum atomic E-state index is 5.90. The predicted molar refractivity (Wildman–Crippen MR) is 75.7 cm³/mol. The Kier molecular flexibility index (Phi) is 4.29. The molecular weight excluding hydrogens is 230 g/mol. The van der Waals surface area contributed by atoms with Crippen molar-refractivity contribution in [2.24, 2.45) is 5.73 Å². The average molecular weight is 251 g/mol. The van der Waals surface area contributed by atoms with Crippen molar-refractivity contribution in [1.82, 2.24) is 4.98 Å². The fourth-order valence-corrected chi connectivity index (χ4v) is 3.25. The van der Waals surface area contributed by atoms with Crippen LogP contribution in [0.15, 0.2) is 18.3 Å². The number of thioether (sulfide) groups is 1. The number of hydrogen-bond acceptors (Lipinski definition) is 4. The molecular formula is C13H21N3S. The van der Waals surface area contributed by atoms with Crippen molar-refractivity contribution in [3.8, 4) is 0 Å². The van der Waals surface area contributed by atoms with Crippen molar-refractivity contribution < 1.29 is 0 Å². The number of anilines is 1. The van der Waals surface area contributed by atoms with E-state index in [9.17, 15) is 0 Å². The van der Waals surface area contributed by atoms with E-state index in [1.54, 1.807) is 0 Å². The predicted octanol–water partition coefficient (Wildman–Crippen LogP) is 1.91. The van der Waals surface area contributed by atoms with Crippen LogP contribution in [-0.2, 0) is 6.42 Å². The molecule has 0 bridgehead atoms. The molecule has 3 nitrogen and oxygen atoms in total. The van der Waals surface area contributed by atoms with Gasteiger partial charge in [-0.05, 0) is 25.0 Å². The molecule has 2 atom stereocenters. The Balaban J connectivity index is 2.18. The van der Waals surface area contributed by atoms with E-state index < -0.39 is 0 Å². The van der Waals surface area contributed by atoms with Gasteiger partial charge in [-0.25, -0.2) is 4.98 Å². The van der Waals surface area contributed by atoms with Gasteiger partial charge in [-0.3, -0.25) is 0 Å². The van der Waals surface area contributed by atoms with Crippen LogP contribution in [0.4, 0.5) is 5.82 Å². The van der Waals surface area contributed by atoms with Crippen LogP contribution in [0.5, 0.6) is 0 Å². The minimum Gasteiger partial charge on any atom is -0.354 e. The van der Waals surface area contributed by atoms with Crippen LogP contribution in [-0.4, -0.2) is 35.1 Å². The molecule has 1 fully saturated rings. The Morgan fingerprint density at radius 1 is 1.65 bits per heavy atom. The zero-order valence-corrected chi connectivity index (χ0v) is 11.4. The van der Waals surface area contributed by atoms with Crippen molar-refractivity contribution in [3.05, 3.63) is 23.9 Å². The summed E-state index contributed by atoms with van der Waals surface area (Å²) in [5.41, 5.74) is 7.18. The summed E-state index contributed by atoms with van der Waals surface area (Å²) in [6.45, 7) is 6.52. The van der Waals surface area contributed by atoms with E-state index in [-0.39, 0.29) is 6.04 Å². The van der Waals surface area contributed by atoms with Crippen LogP contribution in [0.1, 0.15) is 19.4 Å². The monoisotopic (exact) mass is 251 g/mol. The molecule has 0 aromatic carbocycles. The summed E-state index contributed by atoms with van der Waals surface area (Å²) in [7, 11) is 0. The van der Waals surface area contributed by atoms with E-state index in [0.717, 1.165) is 25.3 Å². The van der Waals surface area contributed by atoms with Crippen LogP contribution in [0.2, 0.25) is 0 Å². The lowest BCUT2D eigenvalue weighted by Crippen LogP contribution is -2.38. The van der Waals surface area contributed by atoms with Gasteiger partial charge in [-0.15, -0.1) is 0 Å². The maximum absolute atomic E-state index is 5.90. The summed E-state index contributed by atoms with van der Waals surface area (Å²) >= 11 is 2.04.